The summed E-state index contributed by atoms with van der Waals surface area (Å²) in [7, 11) is 0. The summed E-state index contributed by atoms with van der Waals surface area (Å²) in [5.74, 6) is 0. The maximum Gasteiger partial charge on any atom is 0.0544 e. The fourth-order valence-electron chi connectivity index (χ4n) is 9.63. The van der Waals surface area contributed by atoms with Crippen molar-refractivity contribution in [3.05, 3.63) is 185 Å². The molecule has 0 atom stereocenters. The molecule has 1 heteroatoms. The minimum atomic E-state index is -0.236. The van der Waals surface area contributed by atoms with Crippen LogP contribution in [-0.2, 0) is 16.2 Å². The molecule has 52 heavy (non-hydrogen) atoms. The number of rotatable bonds is 3. The third kappa shape index (κ3) is 4.23. The molecule has 3 aliphatic rings. The average molecular weight is 670 g/mol. The van der Waals surface area contributed by atoms with Gasteiger partial charge in [-0.3, -0.25) is 0 Å². The van der Waals surface area contributed by atoms with E-state index in [1.807, 2.05) is 0 Å². The molecule has 0 N–H and O–H groups in total. The van der Waals surface area contributed by atoms with Crippen LogP contribution in [-0.4, -0.2) is 0 Å². The second kappa shape index (κ2) is 10.7. The molecule has 1 aliphatic carbocycles. The molecule has 0 radical (unpaired) electrons. The van der Waals surface area contributed by atoms with Crippen molar-refractivity contribution in [2.45, 2.75) is 57.8 Å². The third-order valence-corrected chi connectivity index (χ3v) is 12.7. The molecule has 2 heterocycles. The summed E-state index contributed by atoms with van der Waals surface area (Å²) in [5, 5.41) is 0. The van der Waals surface area contributed by atoms with Gasteiger partial charge in [0.25, 0.3) is 0 Å². The van der Waals surface area contributed by atoms with Gasteiger partial charge in [0.15, 0.2) is 0 Å². The summed E-state index contributed by atoms with van der Waals surface area (Å²) in [6, 6.07) is 57.0. The summed E-state index contributed by atoms with van der Waals surface area (Å²) in [6.45, 7) is 14.4. The van der Waals surface area contributed by atoms with E-state index in [9.17, 15) is 0 Å². The topological polar surface area (TPSA) is 3.24 Å². The molecule has 0 aromatic heterocycles. The molecule has 252 valence electrons. The van der Waals surface area contributed by atoms with Gasteiger partial charge in [-0.1, -0.05) is 157 Å². The minimum absolute atomic E-state index is 0.0483. The zero-order chi connectivity index (χ0) is 35.6. The molecule has 0 spiro atoms. The lowest BCUT2D eigenvalue weighted by Gasteiger charge is -2.50. The van der Waals surface area contributed by atoms with Crippen molar-refractivity contribution in [3.8, 4) is 44.5 Å². The summed E-state index contributed by atoms with van der Waals surface area (Å²) in [5.41, 5.74) is 22.0. The first kappa shape index (κ1) is 31.1. The van der Waals surface area contributed by atoms with Gasteiger partial charge in [-0.05, 0) is 114 Å². The highest BCUT2D eigenvalue weighted by atomic mass is 15.2. The van der Waals surface area contributed by atoms with E-state index in [2.05, 4.69) is 198 Å². The summed E-state index contributed by atoms with van der Waals surface area (Å²) in [6.07, 6.45) is 0. The van der Waals surface area contributed by atoms with Gasteiger partial charge < -0.3 is 4.90 Å². The highest BCUT2D eigenvalue weighted by molar-refractivity contribution is 5.95. The van der Waals surface area contributed by atoms with Crippen LogP contribution < -0.4 is 4.90 Å². The van der Waals surface area contributed by atoms with Crippen molar-refractivity contribution >= 4 is 17.1 Å². The van der Waals surface area contributed by atoms with E-state index < -0.39 is 0 Å². The van der Waals surface area contributed by atoms with Gasteiger partial charge in [-0.25, -0.2) is 0 Å². The van der Waals surface area contributed by atoms with Crippen LogP contribution in [0, 0.1) is 0 Å². The SMILES string of the molecule is CC1(C)c2ccccc2-c2ccc(-c3cc4c5c(c3)C(C)(C)c3cc(-c6ccc(-c7ccccc7)cc6)ccc3N5c3ccccc3C4(C)C)cc21. The Balaban J connectivity index is 1.16. The minimum Gasteiger partial charge on any atom is -0.309 e. The number of hydrogen-bond acceptors (Lipinski definition) is 1. The molecule has 2 aliphatic heterocycles. The lowest BCUT2D eigenvalue weighted by Crippen LogP contribution is -2.38. The van der Waals surface area contributed by atoms with Crippen LogP contribution in [0.15, 0.2) is 152 Å². The zero-order valence-electron chi connectivity index (χ0n) is 30.9. The number of hydrogen-bond donors (Lipinski definition) is 0. The lowest BCUT2D eigenvalue weighted by atomic mass is 9.65. The molecule has 0 bridgehead atoms. The van der Waals surface area contributed by atoms with Crippen molar-refractivity contribution in [1.82, 2.24) is 0 Å². The van der Waals surface area contributed by atoms with Gasteiger partial charge >= 0.3 is 0 Å². The van der Waals surface area contributed by atoms with Crippen LogP contribution in [0.4, 0.5) is 17.1 Å². The maximum atomic E-state index is 2.57. The average Bonchev–Trinajstić information content (AvgIpc) is 3.40. The van der Waals surface area contributed by atoms with E-state index in [-0.39, 0.29) is 16.2 Å². The summed E-state index contributed by atoms with van der Waals surface area (Å²) in [4.78, 5) is 2.57. The maximum absolute atomic E-state index is 2.57. The molecule has 7 aromatic carbocycles. The molecule has 7 aromatic rings. The van der Waals surface area contributed by atoms with Gasteiger partial charge in [0.2, 0.25) is 0 Å². The molecule has 0 saturated carbocycles. The van der Waals surface area contributed by atoms with Crippen molar-refractivity contribution in [2.24, 2.45) is 0 Å². The first-order valence-corrected chi connectivity index (χ1v) is 18.7. The Kier molecular flexibility index (Phi) is 6.39. The van der Waals surface area contributed by atoms with E-state index in [0.717, 1.165) is 0 Å². The second-order valence-electron chi connectivity index (χ2n) is 16.6. The molecule has 1 nitrogen and oxygen atoms in total. The van der Waals surface area contributed by atoms with Crippen molar-refractivity contribution < 1.29 is 0 Å². The van der Waals surface area contributed by atoms with Gasteiger partial charge in [0, 0.05) is 16.2 Å². The second-order valence-corrected chi connectivity index (χ2v) is 16.6. The van der Waals surface area contributed by atoms with Crippen LogP contribution >= 0.6 is 0 Å². The summed E-state index contributed by atoms with van der Waals surface area (Å²) < 4.78 is 0. The number of fused-ring (bicyclic) bond motifs is 7. The Labute approximate surface area is 308 Å². The molecule has 10 rings (SSSR count). The van der Waals surface area contributed by atoms with Crippen LogP contribution in [0.2, 0.25) is 0 Å². The highest BCUT2D eigenvalue weighted by Crippen LogP contribution is 2.61. The van der Waals surface area contributed by atoms with Gasteiger partial charge in [0.1, 0.15) is 0 Å². The van der Waals surface area contributed by atoms with E-state index in [4.69, 9.17) is 0 Å². The van der Waals surface area contributed by atoms with Crippen molar-refractivity contribution in [3.63, 3.8) is 0 Å². The lowest BCUT2D eigenvalue weighted by molar-refractivity contribution is 0.598. The quantitative estimate of drug-likeness (QED) is 0.181. The number of nitrogens with zero attached hydrogens (tertiary/aromatic N) is 1. The van der Waals surface area contributed by atoms with Crippen LogP contribution in [0.1, 0.15) is 74.9 Å². The molecule has 0 saturated heterocycles. The Morgan fingerprint density at radius 3 is 1.48 bits per heavy atom. The Hall–Kier alpha value is -5.66. The summed E-state index contributed by atoms with van der Waals surface area (Å²) >= 11 is 0. The zero-order valence-corrected chi connectivity index (χ0v) is 30.9. The largest absolute Gasteiger partial charge is 0.309 e. The van der Waals surface area contributed by atoms with E-state index >= 15 is 0 Å². The molecule has 0 amide bonds. The first-order valence-electron chi connectivity index (χ1n) is 18.7. The van der Waals surface area contributed by atoms with E-state index in [1.165, 1.54) is 95.0 Å². The standard InChI is InChI=1S/C51H43N/c1-49(2)40-17-11-10-16-38(40)39-26-24-36(28-42(39)49)37-30-44-48-45(31-37)51(5,6)43-29-35(34-22-20-33(21-23-34)32-14-8-7-9-15-32)25-27-47(43)52(48)46-19-13-12-18-41(46)50(44,3)4/h7-31H,1-6H3. The Bertz CT molecular complexity index is 2580. The van der Waals surface area contributed by atoms with Crippen LogP contribution in [0.5, 0.6) is 0 Å². The smallest absolute Gasteiger partial charge is 0.0544 e. The predicted octanol–water partition coefficient (Wildman–Crippen LogP) is 13.7. The number of anilines is 3. The van der Waals surface area contributed by atoms with Gasteiger partial charge in [-0.2, -0.15) is 0 Å². The molecule has 0 fully saturated rings. The predicted molar refractivity (Wildman–Crippen MR) is 219 cm³/mol. The normalized spacial score (nSPS) is 16.3. The third-order valence-electron chi connectivity index (χ3n) is 12.7. The highest BCUT2D eigenvalue weighted by Gasteiger charge is 2.46. The van der Waals surface area contributed by atoms with E-state index in [1.54, 1.807) is 0 Å². The van der Waals surface area contributed by atoms with Crippen molar-refractivity contribution in [1.29, 1.82) is 0 Å². The van der Waals surface area contributed by atoms with Gasteiger partial charge in [-0.15, -0.1) is 0 Å². The molecule has 0 unspecified atom stereocenters. The molecular weight excluding hydrogens is 627 g/mol. The fraction of sp³-hybridized carbons (Fsp3) is 0.176. The van der Waals surface area contributed by atoms with Crippen LogP contribution in [0.3, 0.4) is 0 Å². The van der Waals surface area contributed by atoms with E-state index in [0.29, 0.717) is 0 Å². The fourth-order valence-corrected chi connectivity index (χ4v) is 9.63. The monoisotopic (exact) mass is 669 g/mol. The first-order chi connectivity index (χ1) is 25.0. The number of para-hydroxylation sites is 1. The van der Waals surface area contributed by atoms with Gasteiger partial charge in [0.05, 0.1) is 17.1 Å². The number of benzene rings is 7. The Morgan fingerprint density at radius 1 is 0.308 bits per heavy atom. The van der Waals surface area contributed by atoms with Crippen molar-refractivity contribution in [2.75, 3.05) is 4.90 Å². The Morgan fingerprint density at radius 2 is 0.750 bits per heavy atom. The molecular formula is C51H43N. The van der Waals surface area contributed by atoms with Crippen LogP contribution in [0.25, 0.3) is 44.5 Å².